The van der Waals surface area contributed by atoms with E-state index >= 15 is 0 Å². The van der Waals surface area contributed by atoms with E-state index in [-0.39, 0.29) is 6.92 Å². The van der Waals surface area contributed by atoms with Crippen molar-refractivity contribution in [1.82, 2.24) is 0 Å². The van der Waals surface area contributed by atoms with Crippen molar-refractivity contribution in [1.29, 1.82) is 0 Å². The zero-order valence-electron chi connectivity index (χ0n) is 10.3. The summed E-state index contributed by atoms with van der Waals surface area (Å²) in [6.07, 6.45) is -3.92. The fourth-order valence-electron chi connectivity index (χ4n) is 1.04. The van der Waals surface area contributed by atoms with Gasteiger partial charge in [-0.2, -0.15) is 35.1 Å². The van der Waals surface area contributed by atoms with Crippen molar-refractivity contribution in [3.05, 3.63) is 0 Å². The highest BCUT2D eigenvalue weighted by Gasteiger charge is 2.63. The maximum Gasteiger partial charge on any atom is 0.367 e. The molecule has 0 aromatic rings. The van der Waals surface area contributed by atoms with Crippen LogP contribution in [0, 0.1) is 0 Å². The van der Waals surface area contributed by atoms with E-state index in [1.165, 1.54) is 0 Å². The van der Waals surface area contributed by atoms with Gasteiger partial charge in [0.1, 0.15) is 0 Å². The number of hydrogen-bond acceptors (Lipinski definition) is 2. The highest BCUT2D eigenvalue weighted by atomic mass is 19.3. The van der Waals surface area contributed by atoms with Crippen molar-refractivity contribution in [3.8, 4) is 0 Å². The number of carbonyl (C=O) groups is 2. The van der Waals surface area contributed by atoms with Gasteiger partial charge in [-0.05, 0) is 0 Å². The molecule has 0 bridgehead atoms. The number of ketones is 2. The number of rotatable bonds is 7. The van der Waals surface area contributed by atoms with Crippen LogP contribution in [-0.4, -0.2) is 35.3 Å². The van der Waals surface area contributed by atoms with Gasteiger partial charge in [0.2, 0.25) is 11.6 Å². The Morgan fingerprint density at radius 1 is 0.800 bits per heavy atom. The lowest BCUT2D eigenvalue weighted by Crippen LogP contribution is -2.51. The SMILES string of the molecule is CCC(F)(F)C(F)(F)C(=O)CC(=O)C(F)(F)C(C)(F)F. The van der Waals surface area contributed by atoms with E-state index in [0.717, 1.165) is 0 Å². The van der Waals surface area contributed by atoms with Gasteiger partial charge in [0, 0.05) is 13.3 Å². The molecule has 0 fully saturated rings. The van der Waals surface area contributed by atoms with Gasteiger partial charge in [-0.25, -0.2) is 0 Å². The molecule has 20 heavy (non-hydrogen) atoms. The summed E-state index contributed by atoms with van der Waals surface area (Å²) in [6, 6.07) is 0. The van der Waals surface area contributed by atoms with Crippen molar-refractivity contribution >= 4 is 11.6 Å². The van der Waals surface area contributed by atoms with Crippen molar-refractivity contribution in [2.45, 2.75) is 50.4 Å². The number of Topliss-reactive ketones (excluding diaryl/α,β-unsaturated/α-hetero) is 2. The second-order valence-electron chi connectivity index (χ2n) is 4.12. The first-order valence-electron chi connectivity index (χ1n) is 5.19. The van der Waals surface area contributed by atoms with Crippen LogP contribution in [0.1, 0.15) is 26.7 Å². The highest BCUT2D eigenvalue weighted by Crippen LogP contribution is 2.40. The normalized spacial score (nSPS) is 14.3. The molecule has 2 nitrogen and oxygen atoms in total. The average Bonchev–Trinajstić information content (AvgIpc) is 2.26. The fraction of sp³-hybridized carbons (Fsp3) is 0.800. The summed E-state index contributed by atoms with van der Waals surface area (Å²) in [7, 11) is 0. The standard InChI is InChI=1S/C10H10F8O2/c1-3-8(13,14)10(17,18)6(20)4-5(19)9(15,16)7(2,11)12/h3-4H2,1-2H3. The van der Waals surface area contributed by atoms with Crippen LogP contribution in [0.15, 0.2) is 0 Å². The lowest BCUT2D eigenvalue weighted by atomic mass is 9.97. The molecule has 0 saturated heterocycles. The second kappa shape index (κ2) is 5.28. The maximum atomic E-state index is 13.0. The van der Waals surface area contributed by atoms with Gasteiger partial charge >= 0.3 is 23.7 Å². The first-order chi connectivity index (χ1) is 8.61. The first-order valence-corrected chi connectivity index (χ1v) is 5.19. The number of carbonyl (C=O) groups excluding carboxylic acids is 2. The van der Waals surface area contributed by atoms with E-state index in [9.17, 15) is 44.7 Å². The quantitative estimate of drug-likeness (QED) is 0.532. The topological polar surface area (TPSA) is 34.1 Å². The Bertz CT molecular complexity index is 397. The smallest absolute Gasteiger partial charge is 0.292 e. The van der Waals surface area contributed by atoms with E-state index in [4.69, 9.17) is 0 Å². The monoisotopic (exact) mass is 314 g/mol. The van der Waals surface area contributed by atoms with Crippen LogP contribution in [0.25, 0.3) is 0 Å². The average molecular weight is 314 g/mol. The molecule has 0 amide bonds. The van der Waals surface area contributed by atoms with Gasteiger partial charge in [-0.15, -0.1) is 0 Å². The molecule has 0 unspecified atom stereocenters. The lowest BCUT2D eigenvalue weighted by Gasteiger charge is -2.25. The Morgan fingerprint density at radius 2 is 1.15 bits per heavy atom. The van der Waals surface area contributed by atoms with Crippen LogP contribution >= 0.6 is 0 Å². The van der Waals surface area contributed by atoms with Gasteiger partial charge in [0.25, 0.3) is 0 Å². The summed E-state index contributed by atoms with van der Waals surface area (Å²) < 4.78 is 102. The molecule has 10 heteroatoms. The molecule has 0 rings (SSSR count). The van der Waals surface area contributed by atoms with Crippen LogP contribution < -0.4 is 0 Å². The van der Waals surface area contributed by atoms with Crippen LogP contribution in [0.3, 0.4) is 0 Å². The fourth-order valence-corrected chi connectivity index (χ4v) is 1.04. The second-order valence-corrected chi connectivity index (χ2v) is 4.12. The van der Waals surface area contributed by atoms with Crippen LogP contribution in [0.2, 0.25) is 0 Å². The largest absolute Gasteiger partial charge is 0.367 e. The van der Waals surface area contributed by atoms with Crippen molar-refractivity contribution in [3.63, 3.8) is 0 Å². The molecule has 0 heterocycles. The molecule has 0 aliphatic carbocycles. The first kappa shape index (κ1) is 18.8. The molecule has 0 aliphatic heterocycles. The maximum absolute atomic E-state index is 13.0. The zero-order valence-corrected chi connectivity index (χ0v) is 10.3. The van der Waals surface area contributed by atoms with Crippen molar-refractivity contribution in [2.24, 2.45) is 0 Å². The third kappa shape index (κ3) is 3.26. The summed E-state index contributed by atoms with van der Waals surface area (Å²) in [5.74, 6) is -26.3. The van der Waals surface area contributed by atoms with E-state index in [1.54, 1.807) is 0 Å². The summed E-state index contributed by atoms with van der Waals surface area (Å²) in [4.78, 5) is 21.6. The number of hydrogen-bond donors (Lipinski definition) is 0. The van der Waals surface area contributed by atoms with Gasteiger partial charge in [-0.3, -0.25) is 9.59 Å². The van der Waals surface area contributed by atoms with Crippen LogP contribution in [0.4, 0.5) is 35.1 Å². The molecule has 0 aromatic carbocycles. The Labute approximate surface area is 108 Å². The van der Waals surface area contributed by atoms with Gasteiger partial charge in [0.05, 0.1) is 6.42 Å². The molecule has 0 saturated carbocycles. The molecule has 0 atom stereocenters. The van der Waals surface area contributed by atoms with E-state index in [1.807, 2.05) is 0 Å². The molecule has 0 spiro atoms. The van der Waals surface area contributed by atoms with Gasteiger partial charge in [-0.1, -0.05) is 6.92 Å². The minimum atomic E-state index is -5.40. The number of halogens is 8. The van der Waals surface area contributed by atoms with Gasteiger partial charge < -0.3 is 0 Å². The summed E-state index contributed by atoms with van der Waals surface area (Å²) in [5, 5.41) is 0. The van der Waals surface area contributed by atoms with Crippen LogP contribution in [-0.2, 0) is 9.59 Å². The zero-order chi connectivity index (χ0) is 16.6. The minimum Gasteiger partial charge on any atom is -0.292 e. The van der Waals surface area contributed by atoms with E-state index in [2.05, 4.69) is 0 Å². The van der Waals surface area contributed by atoms with Crippen molar-refractivity contribution < 1.29 is 44.7 Å². The van der Waals surface area contributed by atoms with Gasteiger partial charge in [0.15, 0.2) is 0 Å². The Balaban J connectivity index is 5.18. The third-order valence-electron chi connectivity index (χ3n) is 2.48. The lowest BCUT2D eigenvalue weighted by molar-refractivity contribution is -0.214. The predicted octanol–water partition coefficient (Wildman–Crippen LogP) is 3.49. The molecule has 118 valence electrons. The summed E-state index contributed by atoms with van der Waals surface area (Å²) in [5.41, 5.74) is 0. The summed E-state index contributed by atoms with van der Waals surface area (Å²) in [6.45, 7) is 0.228. The number of alkyl halides is 8. The highest BCUT2D eigenvalue weighted by molar-refractivity contribution is 6.05. The molecule has 0 radical (unpaired) electrons. The summed E-state index contributed by atoms with van der Waals surface area (Å²) >= 11 is 0. The molecular formula is C10H10F8O2. The Morgan fingerprint density at radius 3 is 1.45 bits per heavy atom. The third-order valence-corrected chi connectivity index (χ3v) is 2.48. The minimum absolute atomic E-state index is 0.367. The van der Waals surface area contributed by atoms with Crippen molar-refractivity contribution in [2.75, 3.05) is 0 Å². The Hall–Kier alpha value is -1.22. The Kier molecular flexibility index (Phi) is 4.96. The predicted molar refractivity (Wildman–Crippen MR) is 50.4 cm³/mol. The van der Waals surface area contributed by atoms with Crippen LogP contribution in [0.5, 0.6) is 0 Å². The molecule has 0 aliphatic rings. The molecule has 0 N–H and O–H groups in total. The van der Waals surface area contributed by atoms with E-state index in [0.29, 0.717) is 6.92 Å². The van der Waals surface area contributed by atoms with E-state index < -0.39 is 48.1 Å². The molecule has 0 aromatic heterocycles. The molecular weight excluding hydrogens is 304 g/mol.